The summed E-state index contributed by atoms with van der Waals surface area (Å²) in [5, 5.41) is 7.64. The molecule has 156 valence electrons. The number of anilines is 2. The van der Waals surface area contributed by atoms with E-state index in [1.54, 1.807) is 0 Å². The lowest BCUT2D eigenvalue weighted by atomic mass is 9.78. The van der Waals surface area contributed by atoms with E-state index >= 15 is 0 Å². The maximum Gasteiger partial charge on any atom is 0.252 e. The second-order valence-corrected chi connectivity index (χ2v) is 8.86. The quantitative estimate of drug-likeness (QED) is 0.551. The van der Waals surface area contributed by atoms with E-state index < -0.39 is 0 Å². The summed E-state index contributed by atoms with van der Waals surface area (Å²) < 4.78 is 0. The van der Waals surface area contributed by atoms with Gasteiger partial charge in [0.25, 0.3) is 5.91 Å². The van der Waals surface area contributed by atoms with Crippen LogP contribution in [-0.4, -0.2) is 16.9 Å². The summed E-state index contributed by atoms with van der Waals surface area (Å²) >= 11 is 0. The molecule has 1 aliphatic rings. The van der Waals surface area contributed by atoms with Crippen LogP contribution in [0.3, 0.4) is 0 Å². The fourth-order valence-corrected chi connectivity index (χ4v) is 4.47. The van der Waals surface area contributed by atoms with Crippen molar-refractivity contribution in [2.75, 3.05) is 5.32 Å². The van der Waals surface area contributed by atoms with Gasteiger partial charge in [-0.2, -0.15) is 0 Å². The summed E-state index contributed by atoms with van der Waals surface area (Å²) in [6.45, 7) is 8.69. The van der Waals surface area contributed by atoms with Gasteiger partial charge in [-0.1, -0.05) is 57.0 Å². The van der Waals surface area contributed by atoms with Crippen molar-refractivity contribution < 1.29 is 4.79 Å². The van der Waals surface area contributed by atoms with Gasteiger partial charge in [-0.05, 0) is 61.4 Å². The van der Waals surface area contributed by atoms with Crippen molar-refractivity contribution in [2.45, 2.75) is 53.0 Å². The fourth-order valence-electron chi connectivity index (χ4n) is 4.47. The highest BCUT2D eigenvalue weighted by Gasteiger charge is 2.29. The molecule has 1 fully saturated rings. The molecule has 1 amide bonds. The molecule has 0 aliphatic heterocycles. The van der Waals surface area contributed by atoms with E-state index in [1.165, 1.54) is 18.4 Å². The third-order valence-electron chi connectivity index (χ3n) is 6.64. The standard InChI is InChI=1S/C26H31N3O/c1-16-12-13-18(3)24(14-16)28-25-15-21(20-9-5-6-10-23(20)27-25)26(30)29-22-11-7-8-17(2)19(22)4/h5-6,9-10,12-15,17,19,22H,7-8,11H2,1-4H3,(H,27,28)(H,29,30)/t17-,19+,22-/m1/s1. The Balaban J connectivity index is 1.68. The average molecular weight is 402 g/mol. The fraction of sp³-hybridized carbons (Fsp3) is 0.385. The first-order valence-electron chi connectivity index (χ1n) is 11.0. The van der Waals surface area contributed by atoms with Crippen molar-refractivity contribution in [3.63, 3.8) is 0 Å². The number of aryl methyl sites for hydroxylation is 2. The lowest BCUT2D eigenvalue weighted by molar-refractivity contribution is 0.0892. The van der Waals surface area contributed by atoms with Gasteiger partial charge < -0.3 is 10.6 Å². The van der Waals surface area contributed by atoms with Gasteiger partial charge in [-0.3, -0.25) is 4.79 Å². The van der Waals surface area contributed by atoms with Gasteiger partial charge in [0.2, 0.25) is 0 Å². The number of para-hydroxylation sites is 1. The minimum atomic E-state index is -0.0106. The van der Waals surface area contributed by atoms with Gasteiger partial charge in [0.1, 0.15) is 5.82 Å². The van der Waals surface area contributed by atoms with Gasteiger partial charge in [0.05, 0.1) is 11.1 Å². The number of amides is 1. The van der Waals surface area contributed by atoms with Crippen LogP contribution >= 0.6 is 0 Å². The molecule has 2 N–H and O–H groups in total. The number of hydrogen-bond acceptors (Lipinski definition) is 3. The van der Waals surface area contributed by atoms with Gasteiger partial charge in [-0.25, -0.2) is 4.98 Å². The van der Waals surface area contributed by atoms with Crippen molar-refractivity contribution in [1.29, 1.82) is 0 Å². The highest BCUT2D eigenvalue weighted by atomic mass is 16.1. The lowest BCUT2D eigenvalue weighted by Crippen LogP contribution is -2.43. The molecule has 3 aromatic rings. The van der Waals surface area contributed by atoms with E-state index in [-0.39, 0.29) is 11.9 Å². The maximum absolute atomic E-state index is 13.3. The zero-order chi connectivity index (χ0) is 21.3. The number of carbonyl (C=O) groups is 1. The molecule has 1 aliphatic carbocycles. The Morgan fingerprint density at radius 2 is 1.83 bits per heavy atom. The van der Waals surface area contributed by atoms with Crippen LogP contribution in [0.25, 0.3) is 10.9 Å². The van der Waals surface area contributed by atoms with Crippen LogP contribution in [0, 0.1) is 25.7 Å². The zero-order valence-electron chi connectivity index (χ0n) is 18.3. The molecule has 0 spiro atoms. The van der Waals surface area contributed by atoms with E-state index in [1.807, 2.05) is 30.3 Å². The van der Waals surface area contributed by atoms with E-state index in [4.69, 9.17) is 4.98 Å². The molecule has 3 atom stereocenters. The molecule has 4 heteroatoms. The Hall–Kier alpha value is -2.88. The molecule has 1 aromatic heterocycles. The predicted octanol–water partition coefficient (Wildman–Crippen LogP) is 6.15. The number of nitrogens with one attached hydrogen (secondary N) is 2. The second-order valence-electron chi connectivity index (χ2n) is 8.86. The molecule has 1 heterocycles. The summed E-state index contributed by atoms with van der Waals surface area (Å²) in [4.78, 5) is 18.1. The molecule has 0 unspecified atom stereocenters. The number of nitrogens with zero attached hydrogens (tertiary/aromatic N) is 1. The molecule has 30 heavy (non-hydrogen) atoms. The first-order valence-corrected chi connectivity index (χ1v) is 11.0. The van der Waals surface area contributed by atoms with Crippen LogP contribution in [0.1, 0.15) is 54.6 Å². The van der Waals surface area contributed by atoms with E-state index in [2.05, 4.69) is 56.5 Å². The zero-order valence-corrected chi connectivity index (χ0v) is 18.3. The molecule has 4 rings (SSSR count). The summed E-state index contributed by atoms with van der Waals surface area (Å²) in [5.41, 5.74) is 4.84. The highest BCUT2D eigenvalue weighted by Crippen LogP contribution is 2.30. The number of fused-ring (bicyclic) bond motifs is 1. The molecule has 0 saturated heterocycles. The lowest BCUT2D eigenvalue weighted by Gasteiger charge is -2.34. The number of pyridine rings is 1. The van der Waals surface area contributed by atoms with Crippen LogP contribution < -0.4 is 10.6 Å². The highest BCUT2D eigenvalue weighted by molar-refractivity contribution is 6.07. The Morgan fingerprint density at radius 3 is 2.67 bits per heavy atom. The third kappa shape index (κ3) is 4.18. The second kappa shape index (κ2) is 8.47. The first kappa shape index (κ1) is 20.4. The summed E-state index contributed by atoms with van der Waals surface area (Å²) in [6, 6.07) is 16.3. The van der Waals surface area contributed by atoms with Crippen molar-refractivity contribution >= 4 is 28.3 Å². The predicted molar refractivity (Wildman–Crippen MR) is 124 cm³/mol. The number of benzene rings is 2. The van der Waals surface area contributed by atoms with Gasteiger partial charge >= 0.3 is 0 Å². The monoisotopic (exact) mass is 401 g/mol. The molecular weight excluding hydrogens is 370 g/mol. The molecular formula is C26H31N3O. The van der Waals surface area contributed by atoms with Gasteiger partial charge in [0.15, 0.2) is 0 Å². The topological polar surface area (TPSA) is 54.0 Å². The van der Waals surface area contributed by atoms with Crippen LogP contribution in [0.2, 0.25) is 0 Å². The Morgan fingerprint density at radius 1 is 1.03 bits per heavy atom. The van der Waals surface area contributed by atoms with E-state index in [0.29, 0.717) is 23.2 Å². The van der Waals surface area contributed by atoms with Crippen LogP contribution in [0.5, 0.6) is 0 Å². The molecule has 0 radical (unpaired) electrons. The molecule has 4 nitrogen and oxygen atoms in total. The Labute approximate surface area is 179 Å². The van der Waals surface area contributed by atoms with Crippen molar-refractivity contribution in [3.8, 4) is 0 Å². The Bertz CT molecular complexity index is 1080. The van der Waals surface area contributed by atoms with Crippen LogP contribution in [-0.2, 0) is 0 Å². The van der Waals surface area contributed by atoms with Crippen molar-refractivity contribution in [3.05, 3.63) is 65.2 Å². The minimum Gasteiger partial charge on any atom is -0.349 e. The smallest absolute Gasteiger partial charge is 0.252 e. The number of carbonyl (C=O) groups excluding carboxylic acids is 1. The van der Waals surface area contributed by atoms with Gasteiger partial charge in [-0.15, -0.1) is 0 Å². The summed E-state index contributed by atoms with van der Waals surface area (Å²) in [7, 11) is 0. The first-order chi connectivity index (χ1) is 14.4. The largest absolute Gasteiger partial charge is 0.349 e. The van der Waals surface area contributed by atoms with E-state index in [0.717, 1.165) is 28.6 Å². The van der Waals surface area contributed by atoms with Crippen LogP contribution in [0.4, 0.5) is 11.5 Å². The van der Waals surface area contributed by atoms with E-state index in [9.17, 15) is 4.79 Å². The number of aromatic nitrogens is 1. The third-order valence-corrected chi connectivity index (χ3v) is 6.64. The summed E-state index contributed by atoms with van der Waals surface area (Å²) in [6.07, 6.45) is 3.47. The molecule has 2 aromatic carbocycles. The SMILES string of the molecule is Cc1ccc(C)c(Nc2cc(C(=O)N[C@@H]3CCC[C@@H](C)[C@@H]3C)c3ccccc3n2)c1. The van der Waals surface area contributed by atoms with Crippen LogP contribution in [0.15, 0.2) is 48.5 Å². The maximum atomic E-state index is 13.3. The summed E-state index contributed by atoms with van der Waals surface area (Å²) in [5.74, 6) is 1.81. The van der Waals surface area contributed by atoms with Crippen molar-refractivity contribution in [2.24, 2.45) is 11.8 Å². The minimum absolute atomic E-state index is 0.0106. The normalized spacial score (nSPS) is 21.4. The molecule has 0 bridgehead atoms. The average Bonchev–Trinajstić information content (AvgIpc) is 2.73. The molecule has 1 saturated carbocycles. The van der Waals surface area contributed by atoms with Gasteiger partial charge in [0, 0.05) is 17.1 Å². The Kier molecular flexibility index (Phi) is 5.76. The number of hydrogen-bond donors (Lipinski definition) is 2. The van der Waals surface area contributed by atoms with Crippen molar-refractivity contribution in [1.82, 2.24) is 10.3 Å². The number of rotatable bonds is 4.